The zero-order valence-electron chi connectivity index (χ0n) is 20.9. The smallest absolute Gasteiger partial charge is 0.185 e. The molecule has 3 aromatic rings. The Balaban J connectivity index is 1.83. The van der Waals surface area contributed by atoms with Crippen molar-refractivity contribution in [3.05, 3.63) is 24.2 Å². The lowest BCUT2D eigenvalue weighted by Crippen LogP contribution is -2.56. The molecule has 0 amide bonds. The number of sulfone groups is 1. The lowest BCUT2D eigenvalue weighted by atomic mass is 10.0. The summed E-state index contributed by atoms with van der Waals surface area (Å²) >= 11 is 0. The Labute approximate surface area is 205 Å². The van der Waals surface area contributed by atoms with E-state index in [4.69, 9.17) is 19.4 Å². The molecule has 2 aliphatic rings. The van der Waals surface area contributed by atoms with Crippen LogP contribution in [0.1, 0.15) is 40.3 Å². The number of anilines is 2. The normalized spacial score (nSPS) is 20.5. The van der Waals surface area contributed by atoms with Crippen LogP contribution in [0.5, 0.6) is 5.75 Å². The summed E-state index contributed by atoms with van der Waals surface area (Å²) < 4.78 is 36.5. The number of aromatic amines is 1. The quantitative estimate of drug-likeness (QED) is 0.544. The molecule has 5 rings (SSSR count). The molecule has 0 radical (unpaired) electrons. The minimum atomic E-state index is -3.54. The van der Waals surface area contributed by atoms with Gasteiger partial charge in [0.15, 0.2) is 27.2 Å². The molecule has 0 aromatic carbocycles. The fourth-order valence-corrected chi connectivity index (χ4v) is 5.19. The molecule has 35 heavy (non-hydrogen) atoms. The van der Waals surface area contributed by atoms with Crippen LogP contribution in [0.25, 0.3) is 22.4 Å². The van der Waals surface area contributed by atoms with E-state index in [0.29, 0.717) is 48.6 Å². The van der Waals surface area contributed by atoms with Crippen LogP contribution in [0, 0.1) is 0 Å². The Bertz CT molecular complexity index is 1380. The molecule has 0 aliphatic carbocycles. The number of pyridine rings is 1. The van der Waals surface area contributed by atoms with E-state index < -0.39 is 14.6 Å². The second-order valence-electron chi connectivity index (χ2n) is 10.2. The highest BCUT2D eigenvalue weighted by molar-refractivity contribution is 7.91. The summed E-state index contributed by atoms with van der Waals surface area (Å²) in [6.07, 6.45) is 4.81. The van der Waals surface area contributed by atoms with Gasteiger partial charge in [-0.3, -0.25) is 0 Å². The molecular weight excluding hydrogens is 468 g/mol. The third-order valence-electron chi connectivity index (χ3n) is 6.80. The van der Waals surface area contributed by atoms with Crippen LogP contribution in [0.2, 0.25) is 0 Å². The van der Waals surface area contributed by atoms with Crippen LogP contribution in [0.3, 0.4) is 0 Å². The van der Waals surface area contributed by atoms with Crippen LogP contribution in [-0.4, -0.2) is 72.6 Å². The Kier molecular flexibility index (Phi) is 5.67. The van der Waals surface area contributed by atoms with Crippen LogP contribution < -0.4 is 15.0 Å². The summed E-state index contributed by atoms with van der Waals surface area (Å²) in [5.41, 5.74) is 2.60. The van der Waals surface area contributed by atoms with E-state index in [2.05, 4.69) is 27.1 Å². The third kappa shape index (κ3) is 3.90. The van der Waals surface area contributed by atoms with Crippen molar-refractivity contribution in [1.29, 1.82) is 0 Å². The van der Waals surface area contributed by atoms with E-state index in [1.165, 1.54) is 6.26 Å². The van der Waals surface area contributed by atoms with E-state index >= 15 is 0 Å². The number of H-pyrrole nitrogens is 1. The molecule has 0 saturated carbocycles. The zero-order valence-corrected chi connectivity index (χ0v) is 21.7. The fraction of sp³-hybridized carbons (Fsp3) is 0.542. The number of nitrogens with zero attached hydrogens (tertiary/aromatic N) is 4. The van der Waals surface area contributed by atoms with Crippen LogP contribution in [-0.2, 0) is 19.3 Å². The maximum atomic E-state index is 12.9. The van der Waals surface area contributed by atoms with Crippen molar-refractivity contribution in [3.63, 3.8) is 0 Å². The Morgan fingerprint density at radius 1 is 1.23 bits per heavy atom. The highest BCUT2D eigenvalue weighted by Crippen LogP contribution is 2.45. The van der Waals surface area contributed by atoms with E-state index in [-0.39, 0.29) is 18.1 Å². The molecule has 188 valence electrons. The molecule has 2 aliphatic heterocycles. The average Bonchev–Trinajstić information content (AvgIpc) is 3.25. The van der Waals surface area contributed by atoms with Crippen LogP contribution in [0.4, 0.5) is 11.5 Å². The van der Waals surface area contributed by atoms with Gasteiger partial charge in [0.1, 0.15) is 22.7 Å². The monoisotopic (exact) mass is 500 g/mol. The first kappa shape index (κ1) is 23.8. The highest BCUT2D eigenvalue weighted by atomic mass is 32.2. The van der Waals surface area contributed by atoms with Crippen molar-refractivity contribution < 1.29 is 17.9 Å². The van der Waals surface area contributed by atoms with E-state index in [1.54, 1.807) is 20.0 Å². The van der Waals surface area contributed by atoms with Crippen LogP contribution >= 0.6 is 0 Å². The van der Waals surface area contributed by atoms with Crippen LogP contribution in [0.15, 0.2) is 18.5 Å². The molecule has 0 bridgehead atoms. The van der Waals surface area contributed by atoms with Crippen molar-refractivity contribution >= 4 is 32.4 Å². The average molecular weight is 501 g/mol. The maximum absolute atomic E-state index is 12.9. The van der Waals surface area contributed by atoms with E-state index in [9.17, 15) is 8.42 Å². The van der Waals surface area contributed by atoms with Gasteiger partial charge < -0.3 is 24.7 Å². The molecule has 2 atom stereocenters. The first-order chi connectivity index (χ1) is 16.5. The van der Waals surface area contributed by atoms with Crippen molar-refractivity contribution in [2.75, 3.05) is 36.3 Å². The summed E-state index contributed by atoms with van der Waals surface area (Å²) in [5, 5.41) is 4.30. The molecule has 1 saturated heterocycles. The third-order valence-corrected chi connectivity index (χ3v) is 8.85. The summed E-state index contributed by atoms with van der Waals surface area (Å²) in [4.78, 5) is 19.8. The first-order valence-electron chi connectivity index (χ1n) is 11.8. The number of aromatic nitrogens is 4. The topological polar surface area (TPSA) is 122 Å². The van der Waals surface area contributed by atoms with Gasteiger partial charge in [-0.25, -0.2) is 23.4 Å². The summed E-state index contributed by atoms with van der Waals surface area (Å²) in [6.45, 7) is 11.0. The number of fused-ring (bicyclic) bond motifs is 4. The molecule has 11 heteroatoms. The summed E-state index contributed by atoms with van der Waals surface area (Å²) in [6, 6.07) is 2.11. The SMILES string of the molecule is CC(C)Nc1cnc2[nH]ccc2c1-c1nc2c(c(C(C)(C)S(C)(=O)=O)n1)OCC1COCC(C)N21. The molecule has 3 aromatic heterocycles. The predicted octanol–water partition coefficient (Wildman–Crippen LogP) is 3.11. The van der Waals surface area contributed by atoms with Crippen molar-refractivity contribution in [2.45, 2.75) is 57.5 Å². The molecule has 2 N–H and O–H groups in total. The number of hydrogen-bond acceptors (Lipinski definition) is 9. The van der Waals surface area contributed by atoms with Gasteiger partial charge >= 0.3 is 0 Å². The van der Waals surface area contributed by atoms with Gasteiger partial charge in [0, 0.05) is 23.9 Å². The minimum absolute atomic E-state index is 0.0128. The Hall–Kier alpha value is -2.92. The fourth-order valence-electron chi connectivity index (χ4n) is 4.70. The van der Waals surface area contributed by atoms with E-state index in [0.717, 1.165) is 16.6 Å². The van der Waals surface area contributed by atoms with Gasteiger partial charge in [-0.15, -0.1) is 0 Å². The minimum Gasteiger partial charge on any atom is -0.486 e. The van der Waals surface area contributed by atoms with Crippen molar-refractivity contribution in [2.24, 2.45) is 0 Å². The Morgan fingerprint density at radius 3 is 2.71 bits per heavy atom. The predicted molar refractivity (Wildman–Crippen MR) is 136 cm³/mol. The van der Waals surface area contributed by atoms with Gasteiger partial charge in [-0.05, 0) is 40.7 Å². The molecular formula is C24H32N6O4S. The van der Waals surface area contributed by atoms with Crippen molar-refractivity contribution in [3.8, 4) is 17.1 Å². The van der Waals surface area contributed by atoms with Gasteiger partial charge in [0.25, 0.3) is 0 Å². The number of hydrogen-bond donors (Lipinski definition) is 2. The second-order valence-corrected chi connectivity index (χ2v) is 12.7. The lowest BCUT2D eigenvalue weighted by Gasteiger charge is -2.45. The van der Waals surface area contributed by atoms with Gasteiger partial charge in [0.05, 0.1) is 42.7 Å². The molecule has 5 heterocycles. The lowest BCUT2D eigenvalue weighted by molar-refractivity contribution is 0.0482. The number of morpholine rings is 1. The number of ether oxygens (including phenoxy) is 2. The standard InChI is InChI=1S/C24H32N6O4S/c1-13(2)27-17-9-26-21-16(7-8-25-21)18(17)22-28-20(24(4,5)35(6,31)32)19-23(29-22)30-14(3)10-33-11-15(30)12-34-19/h7-9,13-15,27H,10-12H2,1-6H3,(H,25,26). The molecule has 2 unspecified atom stereocenters. The van der Waals surface area contributed by atoms with Gasteiger partial charge in [-0.1, -0.05) is 0 Å². The van der Waals surface area contributed by atoms with Gasteiger partial charge in [-0.2, -0.15) is 0 Å². The largest absolute Gasteiger partial charge is 0.486 e. The van der Waals surface area contributed by atoms with Crippen molar-refractivity contribution in [1.82, 2.24) is 19.9 Å². The number of nitrogens with one attached hydrogen (secondary N) is 2. The second kappa shape index (κ2) is 8.34. The maximum Gasteiger partial charge on any atom is 0.185 e. The molecule has 1 fully saturated rings. The molecule has 0 spiro atoms. The van der Waals surface area contributed by atoms with Gasteiger partial charge in [0.2, 0.25) is 0 Å². The Morgan fingerprint density at radius 2 is 2.00 bits per heavy atom. The number of rotatable bonds is 5. The summed E-state index contributed by atoms with van der Waals surface area (Å²) in [7, 11) is -3.54. The highest BCUT2D eigenvalue weighted by Gasteiger charge is 2.44. The zero-order chi connectivity index (χ0) is 25.1. The molecule has 10 nitrogen and oxygen atoms in total. The first-order valence-corrected chi connectivity index (χ1v) is 13.7. The van der Waals surface area contributed by atoms with E-state index in [1.807, 2.05) is 26.1 Å². The summed E-state index contributed by atoms with van der Waals surface area (Å²) in [5.74, 6) is 1.45.